The Morgan fingerprint density at radius 2 is 2.33 bits per heavy atom. The molecule has 0 saturated carbocycles. The van der Waals surface area contributed by atoms with E-state index in [9.17, 15) is 0 Å². The highest BCUT2D eigenvalue weighted by atomic mass is 15.1. The molecule has 0 aliphatic carbocycles. The van der Waals surface area contributed by atoms with E-state index in [2.05, 4.69) is 26.4 Å². The molecule has 2 aromatic heterocycles. The first kappa shape index (κ1) is 7.09. The monoisotopic (exact) mass is 162 g/mol. The standard InChI is InChI=1S/C8H10N4/c1-2-12-6-10-4-8(12)7-3-9-5-11-7/h3-6H,2H2,1H3,(H,9,11). The van der Waals surface area contributed by atoms with Crippen molar-refractivity contribution in [3.05, 3.63) is 25.0 Å². The van der Waals surface area contributed by atoms with E-state index in [1.54, 1.807) is 12.5 Å². The van der Waals surface area contributed by atoms with E-state index in [0.29, 0.717) is 0 Å². The second-order valence-electron chi connectivity index (χ2n) is 2.53. The third-order valence-corrected chi connectivity index (χ3v) is 1.83. The Morgan fingerprint density at radius 3 is 3.00 bits per heavy atom. The second kappa shape index (κ2) is 2.81. The van der Waals surface area contributed by atoms with Crippen LogP contribution in [-0.4, -0.2) is 19.5 Å². The number of imidazole rings is 2. The number of aromatic amines is 1. The molecule has 0 atom stereocenters. The van der Waals surface area contributed by atoms with E-state index in [1.165, 1.54) is 0 Å². The molecule has 4 heteroatoms. The summed E-state index contributed by atoms with van der Waals surface area (Å²) in [5, 5.41) is 0. The first-order chi connectivity index (χ1) is 5.92. The van der Waals surface area contributed by atoms with Crippen LogP contribution in [0.25, 0.3) is 11.4 Å². The fraction of sp³-hybridized carbons (Fsp3) is 0.250. The lowest BCUT2D eigenvalue weighted by Gasteiger charge is -2.00. The minimum atomic E-state index is 0.925. The van der Waals surface area contributed by atoms with Gasteiger partial charge in [0.1, 0.15) is 0 Å². The molecule has 0 unspecified atom stereocenters. The summed E-state index contributed by atoms with van der Waals surface area (Å²) in [5.74, 6) is 0. The zero-order valence-electron chi connectivity index (χ0n) is 6.86. The van der Waals surface area contributed by atoms with Gasteiger partial charge in [0, 0.05) is 6.54 Å². The minimum Gasteiger partial charge on any atom is -0.343 e. The zero-order chi connectivity index (χ0) is 8.39. The van der Waals surface area contributed by atoms with Crippen molar-refractivity contribution in [1.82, 2.24) is 19.5 Å². The van der Waals surface area contributed by atoms with Crippen LogP contribution in [0, 0.1) is 0 Å². The molecular formula is C8H10N4. The van der Waals surface area contributed by atoms with Crippen LogP contribution in [0.1, 0.15) is 6.92 Å². The van der Waals surface area contributed by atoms with E-state index >= 15 is 0 Å². The van der Waals surface area contributed by atoms with E-state index in [-0.39, 0.29) is 0 Å². The lowest BCUT2D eigenvalue weighted by Crippen LogP contribution is -1.94. The van der Waals surface area contributed by atoms with Crippen molar-refractivity contribution in [3.8, 4) is 11.4 Å². The van der Waals surface area contributed by atoms with Gasteiger partial charge in [-0.2, -0.15) is 0 Å². The Bertz CT molecular complexity index is 347. The largest absolute Gasteiger partial charge is 0.343 e. The van der Waals surface area contributed by atoms with Crippen LogP contribution in [0.5, 0.6) is 0 Å². The number of aromatic nitrogens is 4. The summed E-state index contributed by atoms with van der Waals surface area (Å²) in [6.45, 7) is 3.01. The van der Waals surface area contributed by atoms with Gasteiger partial charge < -0.3 is 9.55 Å². The Kier molecular flexibility index (Phi) is 1.66. The average molecular weight is 162 g/mol. The van der Waals surface area contributed by atoms with Crippen molar-refractivity contribution >= 4 is 0 Å². The van der Waals surface area contributed by atoms with Crippen molar-refractivity contribution in [1.29, 1.82) is 0 Å². The molecule has 12 heavy (non-hydrogen) atoms. The van der Waals surface area contributed by atoms with Gasteiger partial charge in [0.2, 0.25) is 0 Å². The lowest BCUT2D eigenvalue weighted by atomic mass is 10.3. The molecule has 0 spiro atoms. The normalized spacial score (nSPS) is 10.4. The maximum atomic E-state index is 4.06. The number of nitrogens with one attached hydrogen (secondary N) is 1. The molecule has 0 bridgehead atoms. The maximum absolute atomic E-state index is 4.06. The molecule has 0 aliphatic rings. The lowest BCUT2D eigenvalue weighted by molar-refractivity contribution is 0.767. The molecule has 1 N–H and O–H groups in total. The SMILES string of the molecule is CCn1cncc1-c1cnc[nH]1. The molecule has 2 aromatic rings. The molecule has 0 aromatic carbocycles. The Balaban J connectivity index is 2.46. The number of rotatable bonds is 2. The highest BCUT2D eigenvalue weighted by Crippen LogP contribution is 2.14. The summed E-state index contributed by atoms with van der Waals surface area (Å²) < 4.78 is 2.06. The van der Waals surface area contributed by atoms with Gasteiger partial charge in [-0.15, -0.1) is 0 Å². The molecule has 0 fully saturated rings. The highest BCUT2D eigenvalue weighted by Gasteiger charge is 2.03. The third kappa shape index (κ3) is 1.01. The summed E-state index contributed by atoms with van der Waals surface area (Å²) in [6.07, 6.45) is 7.11. The molecule has 4 nitrogen and oxygen atoms in total. The first-order valence-electron chi connectivity index (χ1n) is 3.90. The molecule has 0 radical (unpaired) electrons. The van der Waals surface area contributed by atoms with Crippen molar-refractivity contribution in [2.75, 3.05) is 0 Å². The van der Waals surface area contributed by atoms with Gasteiger partial charge in [-0.25, -0.2) is 9.97 Å². The molecule has 62 valence electrons. The van der Waals surface area contributed by atoms with Crippen LogP contribution in [0.4, 0.5) is 0 Å². The number of nitrogens with zero attached hydrogens (tertiary/aromatic N) is 3. The van der Waals surface area contributed by atoms with Gasteiger partial charge in [0.25, 0.3) is 0 Å². The van der Waals surface area contributed by atoms with Crippen molar-refractivity contribution in [3.63, 3.8) is 0 Å². The van der Waals surface area contributed by atoms with E-state index < -0.39 is 0 Å². The van der Waals surface area contributed by atoms with Crippen LogP contribution in [0.3, 0.4) is 0 Å². The summed E-state index contributed by atoms with van der Waals surface area (Å²) in [6, 6.07) is 0. The summed E-state index contributed by atoms with van der Waals surface area (Å²) in [5.41, 5.74) is 2.09. The predicted octanol–water partition coefficient (Wildman–Crippen LogP) is 1.29. The first-order valence-corrected chi connectivity index (χ1v) is 3.90. The van der Waals surface area contributed by atoms with E-state index in [0.717, 1.165) is 17.9 Å². The molecule has 2 rings (SSSR count). The van der Waals surface area contributed by atoms with E-state index in [4.69, 9.17) is 0 Å². The smallest absolute Gasteiger partial charge is 0.0951 e. The fourth-order valence-electron chi connectivity index (χ4n) is 1.19. The minimum absolute atomic E-state index is 0.925. The second-order valence-corrected chi connectivity index (χ2v) is 2.53. The highest BCUT2D eigenvalue weighted by molar-refractivity contribution is 5.51. The molecular weight excluding hydrogens is 152 g/mol. The van der Waals surface area contributed by atoms with Crippen molar-refractivity contribution in [2.24, 2.45) is 0 Å². The number of H-pyrrole nitrogens is 1. The van der Waals surface area contributed by atoms with Crippen molar-refractivity contribution in [2.45, 2.75) is 13.5 Å². The van der Waals surface area contributed by atoms with E-state index in [1.807, 2.05) is 12.5 Å². The molecule has 0 saturated heterocycles. The van der Waals surface area contributed by atoms with Gasteiger partial charge in [-0.3, -0.25) is 0 Å². The quantitative estimate of drug-likeness (QED) is 0.723. The number of hydrogen-bond donors (Lipinski definition) is 1. The van der Waals surface area contributed by atoms with Crippen LogP contribution in [-0.2, 0) is 6.54 Å². The number of aryl methyl sites for hydroxylation is 1. The molecule has 0 aliphatic heterocycles. The topological polar surface area (TPSA) is 46.5 Å². The van der Waals surface area contributed by atoms with Gasteiger partial charge in [-0.05, 0) is 6.92 Å². The number of hydrogen-bond acceptors (Lipinski definition) is 2. The Morgan fingerprint density at radius 1 is 1.42 bits per heavy atom. The predicted molar refractivity (Wildman–Crippen MR) is 45.5 cm³/mol. The van der Waals surface area contributed by atoms with Gasteiger partial charge in [0.05, 0.1) is 36.4 Å². The zero-order valence-corrected chi connectivity index (χ0v) is 6.86. The average Bonchev–Trinajstić information content (AvgIpc) is 2.74. The summed E-state index contributed by atoms with van der Waals surface area (Å²) >= 11 is 0. The van der Waals surface area contributed by atoms with Gasteiger partial charge >= 0.3 is 0 Å². The third-order valence-electron chi connectivity index (χ3n) is 1.83. The fourth-order valence-corrected chi connectivity index (χ4v) is 1.19. The van der Waals surface area contributed by atoms with Crippen LogP contribution in [0.15, 0.2) is 25.0 Å². The maximum Gasteiger partial charge on any atom is 0.0951 e. The van der Waals surface area contributed by atoms with Crippen LogP contribution >= 0.6 is 0 Å². The summed E-state index contributed by atoms with van der Waals surface area (Å²) in [4.78, 5) is 11.1. The van der Waals surface area contributed by atoms with Gasteiger partial charge in [0.15, 0.2) is 0 Å². The van der Waals surface area contributed by atoms with Crippen molar-refractivity contribution < 1.29 is 0 Å². The molecule has 2 heterocycles. The van der Waals surface area contributed by atoms with Crippen LogP contribution in [0.2, 0.25) is 0 Å². The summed E-state index contributed by atoms with van der Waals surface area (Å²) in [7, 11) is 0. The van der Waals surface area contributed by atoms with Crippen LogP contribution < -0.4 is 0 Å². The van der Waals surface area contributed by atoms with Gasteiger partial charge in [-0.1, -0.05) is 0 Å². The Hall–Kier alpha value is -1.58. The molecule has 0 amide bonds. The Labute approximate surface area is 70.3 Å².